The molecule has 1 saturated carbocycles. The number of aromatic nitrogens is 1. The Morgan fingerprint density at radius 1 is 1.21 bits per heavy atom. The summed E-state index contributed by atoms with van der Waals surface area (Å²) >= 11 is 0. The van der Waals surface area contributed by atoms with Crippen molar-refractivity contribution in [1.29, 1.82) is 0 Å². The molecule has 128 valence electrons. The molecule has 2 aromatic rings. The molecular formula is C19H24N2O3. The van der Waals surface area contributed by atoms with Crippen molar-refractivity contribution >= 4 is 22.8 Å². The van der Waals surface area contributed by atoms with Crippen LogP contribution in [-0.4, -0.2) is 29.6 Å². The van der Waals surface area contributed by atoms with E-state index in [-0.39, 0.29) is 24.0 Å². The van der Waals surface area contributed by atoms with Crippen LogP contribution in [0.2, 0.25) is 0 Å². The number of rotatable bonds is 4. The maximum absolute atomic E-state index is 12.7. The molecule has 0 unspecified atom stereocenters. The number of carbonyl (C=O) groups is 2. The minimum atomic E-state index is -0.384. The average Bonchev–Trinajstić information content (AvgIpc) is 3.01. The topological polar surface area (TPSA) is 60.3 Å². The van der Waals surface area contributed by atoms with E-state index >= 15 is 0 Å². The molecule has 3 rings (SSSR count). The largest absolute Gasteiger partial charge is 0.465 e. The smallest absolute Gasteiger partial charge is 0.340 e. The van der Waals surface area contributed by atoms with Gasteiger partial charge in [-0.1, -0.05) is 37.5 Å². The fourth-order valence-electron chi connectivity index (χ4n) is 3.49. The first-order valence-corrected chi connectivity index (χ1v) is 8.60. The van der Waals surface area contributed by atoms with Crippen LogP contribution in [0.5, 0.6) is 0 Å². The third-order valence-corrected chi connectivity index (χ3v) is 4.89. The predicted octanol–water partition coefficient (Wildman–Crippen LogP) is 3.44. The zero-order valence-corrected chi connectivity index (χ0v) is 14.2. The van der Waals surface area contributed by atoms with E-state index in [0.717, 1.165) is 23.7 Å². The van der Waals surface area contributed by atoms with Crippen molar-refractivity contribution in [3.8, 4) is 0 Å². The molecular weight excluding hydrogens is 304 g/mol. The Morgan fingerprint density at radius 2 is 1.92 bits per heavy atom. The predicted molar refractivity (Wildman–Crippen MR) is 93.0 cm³/mol. The third kappa shape index (κ3) is 3.16. The first-order valence-electron chi connectivity index (χ1n) is 8.60. The van der Waals surface area contributed by atoms with Crippen LogP contribution in [-0.2, 0) is 9.53 Å². The number of para-hydroxylation sites is 1. The second-order valence-corrected chi connectivity index (χ2v) is 6.48. The lowest BCUT2D eigenvalue weighted by Gasteiger charge is -2.25. The Kier molecular flexibility index (Phi) is 4.88. The van der Waals surface area contributed by atoms with Gasteiger partial charge in [-0.15, -0.1) is 0 Å². The van der Waals surface area contributed by atoms with Gasteiger partial charge in [0.2, 0.25) is 5.91 Å². The SMILES string of the molecule is COC(=O)c1cn([C@H](C)C(=O)NC2CCCCC2)c2ccccc12. The van der Waals surface area contributed by atoms with E-state index in [1.807, 2.05) is 35.8 Å². The van der Waals surface area contributed by atoms with Crippen molar-refractivity contribution in [2.45, 2.75) is 51.1 Å². The lowest BCUT2D eigenvalue weighted by atomic mass is 9.95. The van der Waals surface area contributed by atoms with E-state index in [4.69, 9.17) is 4.74 Å². The van der Waals surface area contributed by atoms with E-state index < -0.39 is 0 Å². The normalized spacial score (nSPS) is 16.8. The van der Waals surface area contributed by atoms with Gasteiger partial charge >= 0.3 is 5.97 Å². The molecule has 1 aliphatic rings. The van der Waals surface area contributed by atoms with E-state index in [2.05, 4.69) is 5.32 Å². The number of amides is 1. The van der Waals surface area contributed by atoms with Crippen molar-refractivity contribution in [2.75, 3.05) is 7.11 Å². The highest BCUT2D eigenvalue weighted by molar-refractivity contribution is 6.04. The maximum Gasteiger partial charge on any atom is 0.340 e. The van der Waals surface area contributed by atoms with Gasteiger partial charge in [-0.2, -0.15) is 0 Å². The first-order chi connectivity index (χ1) is 11.6. The van der Waals surface area contributed by atoms with Crippen LogP contribution < -0.4 is 5.32 Å². The molecule has 1 amide bonds. The molecule has 1 atom stereocenters. The minimum Gasteiger partial charge on any atom is -0.465 e. The van der Waals surface area contributed by atoms with Crippen LogP contribution in [0.25, 0.3) is 10.9 Å². The summed E-state index contributed by atoms with van der Waals surface area (Å²) in [5.74, 6) is -0.385. The van der Waals surface area contributed by atoms with Crippen molar-refractivity contribution in [1.82, 2.24) is 9.88 Å². The van der Waals surface area contributed by atoms with Crippen molar-refractivity contribution in [3.05, 3.63) is 36.0 Å². The van der Waals surface area contributed by atoms with Crippen LogP contribution in [0.15, 0.2) is 30.5 Å². The zero-order valence-electron chi connectivity index (χ0n) is 14.2. The second-order valence-electron chi connectivity index (χ2n) is 6.48. The first kappa shape index (κ1) is 16.6. The highest BCUT2D eigenvalue weighted by Crippen LogP contribution is 2.26. The highest BCUT2D eigenvalue weighted by Gasteiger charge is 2.24. The number of hydrogen-bond donors (Lipinski definition) is 1. The molecule has 5 heteroatoms. The van der Waals surface area contributed by atoms with Gasteiger partial charge < -0.3 is 14.6 Å². The summed E-state index contributed by atoms with van der Waals surface area (Å²) in [7, 11) is 1.37. The van der Waals surface area contributed by atoms with Gasteiger partial charge in [0.1, 0.15) is 6.04 Å². The van der Waals surface area contributed by atoms with Crippen LogP contribution in [0.4, 0.5) is 0 Å². The summed E-state index contributed by atoms with van der Waals surface area (Å²) in [5, 5.41) is 3.97. The fourth-order valence-corrected chi connectivity index (χ4v) is 3.49. The summed E-state index contributed by atoms with van der Waals surface area (Å²) in [6.07, 6.45) is 7.45. The summed E-state index contributed by atoms with van der Waals surface area (Å²) in [6, 6.07) is 7.49. The average molecular weight is 328 g/mol. The standard InChI is InChI=1S/C19H24N2O3/c1-13(18(22)20-14-8-4-3-5-9-14)21-12-16(19(23)24-2)15-10-6-7-11-17(15)21/h6-7,10-14H,3-5,8-9H2,1-2H3,(H,20,22)/t13-/m1/s1. The number of hydrogen-bond acceptors (Lipinski definition) is 3. The summed E-state index contributed by atoms with van der Waals surface area (Å²) in [5.41, 5.74) is 1.36. The van der Waals surface area contributed by atoms with Gasteiger partial charge in [-0.3, -0.25) is 4.79 Å². The van der Waals surface area contributed by atoms with Gasteiger partial charge in [0.05, 0.1) is 12.7 Å². The zero-order chi connectivity index (χ0) is 17.1. The molecule has 24 heavy (non-hydrogen) atoms. The van der Waals surface area contributed by atoms with Crippen molar-refractivity contribution in [3.63, 3.8) is 0 Å². The van der Waals surface area contributed by atoms with Gasteiger partial charge in [-0.25, -0.2) is 4.79 Å². The summed E-state index contributed by atoms with van der Waals surface area (Å²) < 4.78 is 6.73. The minimum absolute atomic E-state index is 0.000862. The van der Waals surface area contributed by atoms with Crippen LogP contribution in [0.3, 0.4) is 0 Å². The van der Waals surface area contributed by atoms with Crippen LogP contribution >= 0.6 is 0 Å². The molecule has 0 bridgehead atoms. The van der Waals surface area contributed by atoms with Crippen LogP contribution in [0.1, 0.15) is 55.4 Å². The Balaban J connectivity index is 1.87. The monoisotopic (exact) mass is 328 g/mol. The third-order valence-electron chi connectivity index (χ3n) is 4.89. The number of benzene rings is 1. The number of carbonyl (C=O) groups excluding carboxylic acids is 2. The fraction of sp³-hybridized carbons (Fsp3) is 0.474. The molecule has 0 spiro atoms. The number of nitrogens with zero attached hydrogens (tertiary/aromatic N) is 1. The van der Waals surface area contributed by atoms with Gasteiger partial charge in [0.25, 0.3) is 0 Å². The van der Waals surface area contributed by atoms with Gasteiger partial charge in [-0.05, 0) is 25.8 Å². The Hall–Kier alpha value is -2.30. The van der Waals surface area contributed by atoms with E-state index in [0.29, 0.717) is 5.56 Å². The molecule has 1 aromatic carbocycles. The van der Waals surface area contributed by atoms with Gasteiger partial charge in [0, 0.05) is 23.1 Å². The van der Waals surface area contributed by atoms with Gasteiger partial charge in [0.15, 0.2) is 0 Å². The van der Waals surface area contributed by atoms with E-state index in [1.54, 1.807) is 6.20 Å². The lowest BCUT2D eigenvalue weighted by Crippen LogP contribution is -2.39. The molecule has 1 aliphatic carbocycles. The number of ether oxygens (including phenoxy) is 1. The molecule has 0 saturated heterocycles. The van der Waals surface area contributed by atoms with E-state index in [1.165, 1.54) is 26.4 Å². The molecule has 1 fully saturated rings. The number of nitrogens with one attached hydrogen (secondary N) is 1. The van der Waals surface area contributed by atoms with Crippen molar-refractivity contribution < 1.29 is 14.3 Å². The number of fused-ring (bicyclic) bond motifs is 1. The van der Waals surface area contributed by atoms with E-state index in [9.17, 15) is 9.59 Å². The molecule has 1 heterocycles. The molecule has 0 radical (unpaired) electrons. The number of methoxy groups -OCH3 is 1. The summed E-state index contributed by atoms with van der Waals surface area (Å²) in [4.78, 5) is 24.7. The highest BCUT2D eigenvalue weighted by atomic mass is 16.5. The Labute approximate surface area is 142 Å². The quantitative estimate of drug-likeness (QED) is 0.875. The Morgan fingerprint density at radius 3 is 2.62 bits per heavy atom. The molecule has 1 aromatic heterocycles. The second kappa shape index (κ2) is 7.07. The maximum atomic E-state index is 12.7. The number of esters is 1. The molecule has 5 nitrogen and oxygen atoms in total. The Bertz CT molecular complexity index is 744. The summed E-state index contributed by atoms with van der Waals surface area (Å²) in [6.45, 7) is 1.87. The lowest BCUT2D eigenvalue weighted by molar-refractivity contribution is -0.124. The molecule has 0 aliphatic heterocycles. The molecule has 1 N–H and O–H groups in total. The van der Waals surface area contributed by atoms with Crippen LogP contribution in [0, 0.1) is 0 Å². The van der Waals surface area contributed by atoms with Crippen molar-refractivity contribution in [2.24, 2.45) is 0 Å².